The third-order valence-electron chi connectivity index (χ3n) is 11.0. The molecule has 0 spiro atoms. The van der Waals surface area contributed by atoms with Gasteiger partial charge in [-0.15, -0.1) is 0 Å². The first kappa shape index (κ1) is 32.6. The molecule has 2 heterocycles. The summed E-state index contributed by atoms with van der Waals surface area (Å²) in [6, 6.07) is 36.1. The third kappa shape index (κ3) is 6.53. The average Bonchev–Trinajstić information content (AvgIpc) is 3.64. The van der Waals surface area contributed by atoms with E-state index in [-0.39, 0.29) is 5.41 Å². The fraction of sp³-hybridized carbons (Fsp3) is 0.333. The summed E-state index contributed by atoms with van der Waals surface area (Å²) in [6.45, 7) is 9.06. The highest BCUT2D eigenvalue weighted by atomic mass is 16.3. The zero-order valence-electron chi connectivity index (χ0n) is 30.3. The fourth-order valence-electron chi connectivity index (χ4n) is 7.86. The molecule has 0 radical (unpaired) electrons. The summed E-state index contributed by atoms with van der Waals surface area (Å²) in [7, 11) is 0. The predicted octanol–water partition coefficient (Wildman–Crippen LogP) is 15.2. The van der Waals surface area contributed by atoms with Gasteiger partial charge >= 0.3 is 0 Å². The van der Waals surface area contributed by atoms with Crippen molar-refractivity contribution in [1.82, 2.24) is 0 Å². The summed E-state index contributed by atoms with van der Waals surface area (Å²) in [6.07, 6.45) is 15.0. The number of hydrogen-bond donors (Lipinski definition) is 0. The van der Waals surface area contributed by atoms with E-state index in [2.05, 4.69) is 125 Å². The van der Waals surface area contributed by atoms with Crippen LogP contribution in [0.15, 0.2) is 106 Å². The SMILES string of the molecule is CCCCCCCCCCCCc1ccc(-c2ccc3cc4c(cc3c2)oc2cc3c(cc24)oc2cc4cc(C(C)(C)C)ccc4cc23)cc1. The number of aryl methyl sites for hydroxylation is 1. The van der Waals surface area contributed by atoms with Crippen molar-refractivity contribution in [3.05, 3.63) is 108 Å². The Kier molecular flexibility index (Phi) is 8.90. The topological polar surface area (TPSA) is 26.3 Å². The molecule has 0 aliphatic heterocycles. The summed E-state index contributed by atoms with van der Waals surface area (Å²) in [5.74, 6) is 0. The summed E-state index contributed by atoms with van der Waals surface area (Å²) in [4.78, 5) is 0. The first-order valence-corrected chi connectivity index (χ1v) is 19.1. The maximum atomic E-state index is 6.54. The summed E-state index contributed by atoms with van der Waals surface area (Å²) < 4.78 is 13.0. The molecule has 0 unspecified atom stereocenters. The van der Waals surface area contributed by atoms with Crippen molar-refractivity contribution in [2.24, 2.45) is 0 Å². The van der Waals surface area contributed by atoms with E-state index in [9.17, 15) is 0 Å². The van der Waals surface area contributed by atoms with Crippen molar-refractivity contribution in [2.45, 2.75) is 104 Å². The van der Waals surface area contributed by atoms with Gasteiger partial charge in [0.15, 0.2) is 0 Å². The Balaban J connectivity index is 0.997. The van der Waals surface area contributed by atoms with Gasteiger partial charge in [-0.2, -0.15) is 0 Å². The molecule has 0 aliphatic rings. The Morgan fingerprint density at radius 1 is 0.420 bits per heavy atom. The zero-order valence-corrected chi connectivity index (χ0v) is 30.3. The van der Waals surface area contributed by atoms with E-state index in [0.29, 0.717) is 0 Å². The van der Waals surface area contributed by atoms with Crippen molar-refractivity contribution in [3.8, 4) is 11.1 Å². The fourth-order valence-corrected chi connectivity index (χ4v) is 7.86. The third-order valence-corrected chi connectivity index (χ3v) is 11.0. The Morgan fingerprint density at radius 3 is 1.48 bits per heavy atom. The number of hydrogen-bond acceptors (Lipinski definition) is 2. The largest absolute Gasteiger partial charge is 0.456 e. The lowest BCUT2D eigenvalue weighted by atomic mass is 9.86. The van der Waals surface area contributed by atoms with E-state index in [1.807, 2.05) is 0 Å². The van der Waals surface area contributed by atoms with E-state index in [4.69, 9.17) is 8.83 Å². The van der Waals surface area contributed by atoms with Gasteiger partial charge in [0.05, 0.1) is 0 Å². The smallest absolute Gasteiger partial charge is 0.136 e. The minimum Gasteiger partial charge on any atom is -0.456 e. The molecule has 0 aliphatic carbocycles. The lowest BCUT2D eigenvalue weighted by Crippen LogP contribution is -2.10. The summed E-state index contributed by atoms with van der Waals surface area (Å²) in [5, 5.41) is 9.28. The number of rotatable bonds is 12. The lowest BCUT2D eigenvalue weighted by molar-refractivity contribution is 0.556. The Hall–Kier alpha value is -4.56. The van der Waals surface area contributed by atoms with Crippen LogP contribution in [0.1, 0.15) is 103 Å². The molecule has 8 aromatic rings. The minimum absolute atomic E-state index is 0.103. The van der Waals surface area contributed by atoms with Crippen LogP contribution in [-0.2, 0) is 11.8 Å². The van der Waals surface area contributed by atoms with Crippen molar-refractivity contribution >= 4 is 65.4 Å². The lowest BCUT2D eigenvalue weighted by Gasteiger charge is -2.19. The van der Waals surface area contributed by atoms with Crippen LogP contribution in [0.25, 0.3) is 76.5 Å². The molecular formula is C48H50O2. The van der Waals surface area contributed by atoms with Gasteiger partial charge in [0.1, 0.15) is 22.3 Å². The monoisotopic (exact) mass is 658 g/mol. The number of furan rings is 2. The summed E-state index contributed by atoms with van der Waals surface area (Å²) in [5.41, 5.74) is 9.00. The second-order valence-corrected chi connectivity index (χ2v) is 15.7. The number of unbranched alkanes of at least 4 members (excludes halogenated alkanes) is 9. The van der Waals surface area contributed by atoms with Gasteiger partial charge < -0.3 is 8.83 Å². The molecule has 0 saturated carbocycles. The molecule has 0 saturated heterocycles. The van der Waals surface area contributed by atoms with E-state index >= 15 is 0 Å². The molecule has 0 atom stereocenters. The second-order valence-electron chi connectivity index (χ2n) is 15.7. The quantitative estimate of drug-likeness (QED) is 0.122. The van der Waals surface area contributed by atoms with Gasteiger partial charge in [-0.1, -0.05) is 140 Å². The van der Waals surface area contributed by atoms with Crippen LogP contribution in [0, 0.1) is 0 Å². The zero-order chi connectivity index (χ0) is 34.2. The van der Waals surface area contributed by atoms with Gasteiger partial charge in [-0.25, -0.2) is 0 Å². The van der Waals surface area contributed by atoms with Crippen LogP contribution in [-0.4, -0.2) is 0 Å². The van der Waals surface area contributed by atoms with E-state index in [1.165, 1.54) is 114 Å². The number of fused-ring (bicyclic) bond motifs is 8. The molecule has 0 bridgehead atoms. The Bertz CT molecular complexity index is 2450. The first-order valence-electron chi connectivity index (χ1n) is 19.1. The molecule has 254 valence electrons. The van der Waals surface area contributed by atoms with Gasteiger partial charge in [0.25, 0.3) is 0 Å². The van der Waals surface area contributed by atoms with Gasteiger partial charge in [-0.3, -0.25) is 0 Å². The van der Waals surface area contributed by atoms with Crippen LogP contribution in [0.5, 0.6) is 0 Å². The molecule has 2 heteroatoms. The highest BCUT2D eigenvalue weighted by Gasteiger charge is 2.17. The van der Waals surface area contributed by atoms with Gasteiger partial charge in [-0.05, 0) is 105 Å². The van der Waals surface area contributed by atoms with Gasteiger partial charge in [0.2, 0.25) is 0 Å². The van der Waals surface area contributed by atoms with Crippen LogP contribution in [0.4, 0.5) is 0 Å². The van der Waals surface area contributed by atoms with E-state index in [0.717, 1.165) is 43.9 Å². The molecule has 50 heavy (non-hydrogen) atoms. The first-order chi connectivity index (χ1) is 24.3. The molecule has 0 amide bonds. The standard InChI is InChI=1S/C48H50O2/c1-5-6-7-8-9-10-11-12-13-14-15-32-16-18-33(19-17-32)34-20-21-35-26-40-42-30-47-43(31-46(42)49-44(40)28-37(35)24-34)41-27-36-22-23-39(48(2,3)4)25-38(36)29-45(41)50-47/h16-31H,5-15H2,1-4H3. The normalized spacial score (nSPS) is 12.5. The molecule has 6 aromatic carbocycles. The van der Waals surface area contributed by atoms with E-state index < -0.39 is 0 Å². The molecule has 8 rings (SSSR count). The molecule has 2 aromatic heterocycles. The molecule has 2 nitrogen and oxygen atoms in total. The van der Waals surface area contributed by atoms with Crippen molar-refractivity contribution in [2.75, 3.05) is 0 Å². The Morgan fingerprint density at radius 2 is 0.900 bits per heavy atom. The van der Waals surface area contributed by atoms with Gasteiger partial charge in [0, 0.05) is 21.5 Å². The molecule has 0 fully saturated rings. The predicted molar refractivity (Wildman–Crippen MR) is 216 cm³/mol. The van der Waals surface area contributed by atoms with Crippen LogP contribution >= 0.6 is 0 Å². The molecule has 0 N–H and O–H groups in total. The van der Waals surface area contributed by atoms with Crippen LogP contribution in [0.3, 0.4) is 0 Å². The number of benzene rings is 6. The highest BCUT2D eigenvalue weighted by Crippen LogP contribution is 2.40. The Labute approximate surface area is 296 Å². The maximum Gasteiger partial charge on any atom is 0.136 e. The van der Waals surface area contributed by atoms with Crippen LogP contribution in [0.2, 0.25) is 0 Å². The molecular weight excluding hydrogens is 609 g/mol. The van der Waals surface area contributed by atoms with Crippen molar-refractivity contribution in [1.29, 1.82) is 0 Å². The van der Waals surface area contributed by atoms with Crippen molar-refractivity contribution < 1.29 is 8.83 Å². The van der Waals surface area contributed by atoms with Crippen molar-refractivity contribution in [3.63, 3.8) is 0 Å². The summed E-state index contributed by atoms with van der Waals surface area (Å²) >= 11 is 0. The van der Waals surface area contributed by atoms with Crippen LogP contribution < -0.4 is 0 Å². The van der Waals surface area contributed by atoms with E-state index in [1.54, 1.807) is 0 Å². The minimum atomic E-state index is 0.103. The second kappa shape index (κ2) is 13.6. The maximum absolute atomic E-state index is 6.54. The highest BCUT2D eigenvalue weighted by molar-refractivity contribution is 6.18. The average molecular weight is 659 g/mol.